The summed E-state index contributed by atoms with van der Waals surface area (Å²) < 4.78 is 13.7. The zero-order valence-electron chi connectivity index (χ0n) is 10.6. The van der Waals surface area contributed by atoms with Crippen molar-refractivity contribution in [2.75, 3.05) is 17.6 Å². The minimum absolute atomic E-state index is 0.0883. The van der Waals surface area contributed by atoms with E-state index in [4.69, 9.17) is 10.8 Å². The van der Waals surface area contributed by atoms with Gasteiger partial charge in [-0.05, 0) is 36.2 Å². The van der Waals surface area contributed by atoms with E-state index in [1.54, 1.807) is 12.4 Å². The van der Waals surface area contributed by atoms with Gasteiger partial charge in [0, 0.05) is 24.6 Å². The molecular formula is C14H14FN3O2. The van der Waals surface area contributed by atoms with Crippen molar-refractivity contribution in [1.82, 2.24) is 4.98 Å². The topological polar surface area (TPSA) is 88.2 Å². The molecule has 0 amide bonds. The molecule has 0 unspecified atom stereocenters. The van der Waals surface area contributed by atoms with Crippen LogP contribution in [-0.2, 0) is 6.42 Å². The number of nitrogens with two attached hydrogens (primary N) is 1. The van der Waals surface area contributed by atoms with Crippen LogP contribution in [0.2, 0.25) is 0 Å². The number of pyridine rings is 1. The Morgan fingerprint density at radius 3 is 2.70 bits per heavy atom. The van der Waals surface area contributed by atoms with E-state index < -0.39 is 11.8 Å². The fourth-order valence-corrected chi connectivity index (χ4v) is 1.80. The number of benzene rings is 1. The van der Waals surface area contributed by atoms with Gasteiger partial charge in [0.1, 0.15) is 5.82 Å². The molecule has 0 atom stereocenters. The molecule has 0 saturated heterocycles. The summed E-state index contributed by atoms with van der Waals surface area (Å²) in [4.78, 5) is 14.9. The summed E-state index contributed by atoms with van der Waals surface area (Å²) in [6.45, 7) is 0.476. The van der Waals surface area contributed by atoms with E-state index >= 15 is 0 Å². The van der Waals surface area contributed by atoms with Gasteiger partial charge in [0.2, 0.25) is 0 Å². The summed E-state index contributed by atoms with van der Waals surface area (Å²) in [5, 5.41) is 11.8. The SMILES string of the molecule is Nc1cc(F)c(NCCc2ccncc2)cc1C(=O)O. The Morgan fingerprint density at radius 1 is 1.35 bits per heavy atom. The minimum atomic E-state index is -1.18. The normalized spacial score (nSPS) is 10.2. The lowest BCUT2D eigenvalue weighted by Gasteiger charge is -2.10. The smallest absolute Gasteiger partial charge is 0.337 e. The van der Waals surface area contributed by atoms with E-state index in [1.807, 2.05) is 12.1 Å². The lowest BCUT2D eigenvalue weighted by atomic mass is 10.1. The van der Waals surface area contributed by atoms with E-state index in [1.165, 1.54) is 6.07 Å². The Labute approximate surface area is 115 Å². The van der Waals surface area contributed by atoms with Crippen molar-refractivity contribution in [2.45, 2.75) is 6.42 Å². The van der Waals surface area contributed by atoms with Gasteiger partial charge in [0.05, 0.1) is 11.3 Å². The van der Waals surface area contributed by atoms with E-state index in [0.29, 0.717) is 13.0 Å². The highest BCUT2D eigenvalue weighted by Crippen LogP contribution is 2.22. The molecule has 0 fully saturated rings. The van der Waals surface area contributed by atoms with Crippen molar-refractivity contribution < 1.29 is 14.3 Å². The Kier molecular flexibility index (Phi) is 4.14. The molecule has 0 aliphatic rings. The second-order valence-electron chi connectivity index (χ2n) is 4.26. The highest BCUT2D eigenvalue weighted by molar-refractivity contribution is 5.94. The van der Waals surface area contributed by atoms with Gasteiger partial charge in [0.25, 0.3) is 0 Å². The summed E-state index contributed by atoms with van der Waals surface area (Å²) in [6.07, 6.45) is 4.04. The summed E-state index contributed by atoms with van der Waals surface area (Å²) >= 11 is 0. The molecular weight excluding hydrogens is 261 g/mol. The third-order valence-corrected chi connectivity index (χ3v) is 2.85. The summed E-state index contributed by atoms with van der Waals surface area (Å²) in [5.74, 6) is -1.75. The van der Waals surface area contributed by atoms with Crippen LogP contribution in [0.5, 0.6) is 0 Å². The van der Waals surface area contributed by atoms with Gasteiger partial charge in [-0.15, -0.1) is 0 Å². The number of nitrogens with one attached hydrogen (secondary N) is 1. The first kappa shape index (κ1) is 13.8. The first-order chi connectivity index (χ1) is 9.58. The van der Waals surface area contributed by atoms with Gasteiger partial charge in [-0.25, -0.2) is 9.18 Å². The fraction of sp³-hybridized carbons (Fsp3) is 0.143. The first-order valence-corrected chi connectivity index (χ1v) is 6.03. The zero-order chi connectivity index (χ0) is 14.5. The molecule has 104 valence electrons. The van der Waals surface area contributed by atoms with Gasteiger partial charge in [-0.1, -0.05) is 0 Å². The lowest BCUT2D eigenvalue weighted by molar-refractivity contribution is 0.0698. The van der Waals surface area contributed by atoms with Crippen LogP contribution in [0, 0.1) is 5.82 Å². The molecule has 0 spiro atoms. The van der Waals surface area contributed by atoms with E-state index in [2.05, 4.69) is 10.3 Å². The number of carboxylic acids is 1. The number of anilines is 2. The predicted octanol–water partition coefficient (Wildman–Crippen LogP) is 2.16. The molecule has 0 saturated carbocycles. The highest BCUT2D eigenvalue weighted by Gasteiger charge is 2.12. The molecule has 1 aromatic carbocycles. The number of hydrogen-bond acceptors (Lipinski definition) is 4. The summed E-state index contributed by atoms with van der Waals surface area (Å²) in [7, 11) is 0. The number of rotatable bonds is 5. The predicted molar refractivity (Wildman–Crippen MR) is 74.2 cm³/mol. The molecule has 0 radical (unpaired) electrons. The third kappa shape index (κ3) is 3.23. The molecule has 2 aromatic rings. The summed E-state index contributed by atoms with van der Waals surface area (Å²) in [6, 6.07) is 5.95. The van der Waals surface area contributed by atoms with Gasteiger partial charge in [0.15, 0.2) is 0 Å². The zero-order valence-corrected chi connectivity index (χ0v) is 10.6. The number of carboxylic acid groups (broad SMARTS) is 1. The summed E-state index contributed by atoms with van der Waals surface area (Å²) in [5.41, 5.74) is 6.44. The van der Waals surface area contributed by atoms with Crippen LogP contribution in [0.15, 0.2) is 36.7 Å². The van der Waals surface area contributed by atoms with Crippen molar-refractivity contribution in [2.24, 2.45) is 0 Å². The maximum absolute atomic E-state index is 13.7. The number of nitrogen functional groups attached to an aromatic ring is 1. The number of hydrogen-bond donors (Lipinski definition) is 3. The van der Waals surface area contributed by atoms with Crippen molar-refractivity contribution in [1.29, 1.82) is 0 Å². The maximum atomic E-state index is 13.7. The standard InChI is InChI=1S/C14H14FN3O2/c15-11-8-12(16)10(14(19)20)7-13(11)18-6-3-9-1-4-17-5-2-9/h1-2,4-5,7-8,18H,3,6,16H2,(H,19,20). The van der Waals surface area contributed by atoms with Crippen LogP contribution in [0.3, 0.4) is 0 Å². The second-order valence-corrected chi connectivity index (χ2v) is 4.26. The average Bonchev–Trinajstić information content (AvgIpc) is 2.42. The van der Waals surface area contributed by atoms with Crippen LogP contribution in [-0.4, -0.2) is 22.6 Å². The number of nitrogens with zero attached hydrogens (tertiary/aromatic N) is 1. The molecule has 2 rings (SSSR count). The third-order valence-electron chi connectivity index (χ3n) is 2.85. The number of halogens is 1. The van der Waals surface area contributed by atoms with Crippen molar-refractivity contribution in [3.8, 4) is 0 Å². The van der Waals surface area contributed by atoms with Crippen LogP contribution in [0.25, 0.3) is 0 Å². The Balaban J connectivity index is 2.06. The molecule has 0 aliphatic carbocycles. The van der Waals surface area contributed by atoms with E-state index in [9.17, 15) is 9.18 Å². The Morgan fingerprint density at radius 2 is 2.05 bits per heavy atom. The average molecular weight is 275 g/mol. The molecule has 20 heavy (non-hydrogen) atoms. The first-order valence-electron chi connectivity index (χ1n) is 6.03. The number of aromatic nitrogens is 1. The van der Waals surface area contributed by atoms with E-state index in [0.717, 1.165) is 11.6 Å². The molecule has 0 bridgehead atoms. The molecule has 4 N–H and O–H groups in total. The largest absolute Gasteiger partial charge is 0.478 e. The lowest BCUT2D eigenvalue weighted by Crippen LogP contribution is -2.09. The minimum Gasteiger partial charge on any atom is -0.478 e. The van der Waals surface area contributed by atoms with E-state index in [-0.39, 0.29) is 16.9 Å². The number of carbonyl (C=O) groups is 1. The second kappa shape index (κ2) is 6.01. The van der Waals surface area contributed by atoms with Gasteiger partial charge in [-0.2, -0.15) is 0 Å². The number of aromatic carboxylic acids is 1. The molecule has 6 heteroatoms. The molecule has 1 aromatic heterocycles. The Bertz CT molecular complexity index is 617. The molecule has 0 aliphatic heterocycles. The van der Waals surface area contributed by atoms with Gasteiger partial charge < -0.3 is 16.2 Å². The van der Waals surface area contributed by atoms with Crippen LogP contribution in [0.4, 0.5) is 15.8 Å². The molecule has 1 heterocycles. The monoisotopic (exact) mass is 275 g/mol. The molecule has 5 nitrogen and oxygen atoms in total. The highest BCUT2D eigenvalue weighted by atomic mass is 19.1. The van der Waals surface area contributed by atoms with Crippen LogP contribution < -0.4 is 11.1 Å². The van der Waals surface area contributed by atoms with Crippen LogP contribution in [0.1, 0.15) is 15.9 Å². The van der Waals surface area contributed by atoms with Gasteiger partial charge in [-0.3, -0.25) is 4.98 Å². The van der Waals surface area contributed by atoms with Crippen LogP contribution >= 0.6 is 0 Å². The fourth-order valence-electron chi connectivity index (χ4n) is 1.80. The quantitative estimate of drug-likeness (QED) is 0.728. The van der Waals surface area contributed by atoms with Crippen molar-refractivity contribution in [3.05, 3.63) is 53.6 Å². The van der Waals surface area contributed by atoms with Gasteiger partial charge >= 0.3 is 5.97 Å². The van der Waals surface area contributed by atoms with Crippen molar-refractivity contribution in [3.63, 3.8) is 0 Å². The van der Waals surface area contributed by atoms with Crippen molar-refractivity contribution >= 4 is 17.3 Å². The Hall–Kier alpha value is -2.63. The maximum Gasteiger partial charge on any atom is 0.337 e.